The highest BCUT2D eigenvalue weighted by atomic mass is 15.2. The van der Waals surface area contributed by atoms with Gasteiger partial charge in [-0.25, -0.2) is 0 Å². The van der Waals surface area contributed by atoms with Crippen molar-refractivity contribution in [2.75, 3.05) is 9.80 Å². The molecule has 0 bridgehead atoms. The molecule has 3 heteroatoms. The Morgan fingerprint density at radius 2 is 0.625 bits per heavy atom. The Balaban J connectivity index is 1.56. The number of benzene rings is 7. The predicted molar refractivity (Wildman–Crippen MR) is 204 cm³/mol. The van der Waals surface area contributed by atoms with E-state index in [2.05, 4.69) is 205 Å². The molecule has 0 radical (unpaired) electrons. The number of hydrogen-bond acceptors (Lipinski definition) is 2. The summed E-state index contributed by atoms with van der Waals surface area (Å²) in [5, 5.41) is 2.50. The quantitative estimate of drug-likeness (QED) is 0.176. The van der Waals surface area contributed by atoms with Crippen LogP contribution in [0.25, 0.3) is 27.5 Å². The molecule has 0 aliphatic heterocycles. The SMILES string of the molecule is Cc1c(N(c2ccccc2)c2ccccc2)c(C)c(-n2c3ccccc3c3ccccc32)c(C)c1N(c1ccccc1)c1ccccc1. The standard InChI is InChI=1S/C45H37N3/c1-32-43(46(35-20-8-4-9-21-35)36-22-10-5-11-23-36)33(2)45(48-41-30-18-16-28-39(41)40-29-17-19-31-42(40)48)34(3)44(32)47(37-24-12-6-13-25-37)38-26-14-7-15-27-38/h4-31H,1-3H3. The molecular weight excluding hydrogens is 583 g/mol. The average Bonchev–Trinajstić information content (AvgIpc) is 3.47. The minimum absolute atomic E-state index is 1.11. The first-order chi connectivity index (χ1) is 23.6. The normalized spacial score (nSPS) is 11.2. The monoisotopic (exact) mass is 619 g/mol. The maximum atomic E-state index is 2.49. The summed E-state index contributed by atoms with van der Waals surface area (Å²) >= 11 is 0. The van der Waals surface area contributed by atoms with Crippen LogP contribution in [0.15, 0.2) is 170 Å². The third kappa shape index (κ3) is 4.83. The molecule has 3 nitrogen and oxygen atoms in total. The second-order valence-corrected chi connectivity index (χ2v) is 12.3. The van der Waals surface area contributed by atoms with E-state index in [0.29, 0.717) is 0 Å². The number of aromatic nitrogens is 1. The zero-order chi connectivity index (χ0) is 32.6. The number of fused-ring (bicyclic) bond motifs is 3. The van der Waals surface area contributed by atoms with Crippen LogP contribution in [0.5, 0.6) is 0 Å². The highest BCUT2D eigenvalue weighted by Gasteiger charge is 2.29. The number of para-hydroxylation sites is 6. The summed E-state index contributed by atoms with van der Waals surface area (Å²) in [5.74, 6) is 0. The van der Waals surface area contributed by atoms with Crippen molar-refractivity contribution in [1.82, 2.24) is 4.57 Å². The Morgan fingerprint density at radius 1 is 0.333 bits per heavy atom. The molecule has 0 N–H and O–H groups in total. The summed E-state index contributed by atoms with van der Waals surface area (Å²) in [6.07, 6.45) is 0. The van der Waals surface area contributed by atoms with Crippen LogP contribution < -0.4 is 9.80 Å². The molecule has 0 saturated heterocycles. The van der Waals surface area contributed by atoms with E-state index in [1.54, 1.807) is 0 Å². The molecule has 8 aromatic rings. The molecule has 0 aliphatic rings. The van der Waals surface area contributed by atoms with E-state index in [4.69, 9.17) is 0 Å². The Bertz CT molecular complexity index is 2120. The fourth-order valence-corrected chi connectivity index (χ4v) is 7.47. The van der Waals surface area contributed by atoms with Crippen molar-refractivity contribution < 1.29 is 0 Å². The highest BCUT2D eigenvalue weighted by molar-refractivity contribution is 6.10. The zero-order valence-corrected chi connectivity index (χ0v) is 27.5. The molecule has 0 amide bonds. The van der Waals surface area contributed by atoms with Gasteiger partial charge in [-0.1, -0.05) is 109 Å². The first kappa shape index (κ1) is 29.3. The Hall–Kier alpha value is -6.06. The van der Waals surface area contributed by atoms with Crippen molar-refractivity contribution in [3.63, 3.8) is 0 Å². The van der Waals surface area contributed by atoms with Crippen molar-refractivity contribution in [1.29, 1.82) is 0 Å². The number of hydrogen-bond donors (Lipinski definition) is 0. The molecule has 0 aliphatic carbocycles. The smallest absolute Gasteiger partial charge is 0.0562 e. The van der Waals surface area contributed by atoms with E-state index in [-0.39, 0.29) is 0 Å². The van der Waals surface area contributed by atoms with Gasteiger partial charge in [0.2, 0.25) is 0 Å². The van der Waals surface area contributed by atoms with Crippen molar-refractivity contribution >= 4 is 55.9 Å². The second-order valence-electron chi connectivity index (χ2n) is 12.3. The van der Waals surface area contributed by atoms with Gasteiger partial charge in [0.15, 0.2) is 0 Å². The van der Waals surface area contributed by atoms with Crippen LogP contribution in [0.2, 0.25) is 0 Å². The number of rotatable bonds is 7. The molecule has 8 rings (SSSR count). The molecule has 0 unspecified atom stereocenters. The lowest BCUT2D eigenvalue weighted by Gasteiger charge is -2.36. The fraction of sp³-hybridized carbons (Fsp3) is 0.0667. The topological polar surface area (TPSA) is 11.4 Å². The molecule has 0 atom stereocenters. The molecule has 232 valence electrons. The second kappa shape index (κ2) is 12.3. The van der Waals surface area contributed by atoms with Gasteiger partial charge >= 0.3 is 0 Å². The van der Waals surface area contributed by atoms with E-state index in [0.717, 1.165) is 22.7 Å². The van der Waals surface area contributed by atoms with Gasteiger partial charge in [0.25, 0.3) is 0 Å². The van der Waals surface area contributed by atoms with Gasteiger partial charge < -0.3 is 14.4 Å². The maximum absolute atomic E-state index is 2.49. The van der Waals surface area contributed by atoms with Gasteiger partial charge in [0.1, 0.15) is 0 Å². The third-order valence-corrected chi connectivity index (χ3v) is 9.44. The lowest BCUT2D eigenvalue weighted by molar-refractivity contribution is 1.08. The van der Waals surface area contributed by atoms with E-state index < -0.39 is 0 Å². The fourth-order valence-electron chi connectivity index (χ4n) is 7.47. The summed E-state index contributed by atoms with van der Waals surface area (Å²) in [6.45, 7) is 6.89. The first-order valence-corrected chi connectivity index (χ1v) is 16.6. The maximum Gasteiger partial charge on any atom is 0.0562 e. The van der Waals surface area contributed by atoms with Crippen molar-refractivity contribution in [3.8, 4) is 5.69 Å². The van der Waals surface area contributed by atoms with Gasteiger partial charge in [-0.3, -0.25) is 0 Å². The van der Waals surface area contributed by atoms with Crippen molar-refractivity contribution in [2.24, 2.45) is 0 Å². The zero-order valence-electron chi connectivity index (χ0n) is 27.5. The van der Waals surface area contributed by atoms with E-state index in [9.17, 15) is 0 Å². The molecule has 0 spiro atoms. The largest absolute Gasteiger partial charge is 0.310 e. The summed E-state index contributed by atoms with van der Waals surface area (Å²) in [7, 11) is 0. The third-order valence-electron chi connectivity index (χ3n) is 9.44. The molecule has 7 aromatic carbocycles. The van der Waals surface area contributed by atoms with Crippen LogP contribution in [-0.2, 0) is 0 Å². The summed E-state index contributed by atoms with van der Waals surface area (Å²) in [4.78, 5) is 4.86. The highest BCUT2D eigenvalue weighted by Crippen LogP contribution is 2.50. The van der Waals surface area contributed by atoms with E-state index in [1.165, 1.54) is 55.6 Å². The van der Waals surface area contributed by atoms with Crippen LogP contribution in [0.1, 0.15) is 16.7 Å². The molecular formula is C45H37N3. The average molecular weight is 620 g/mol. The summed E-state index contributed by atoms with van der Waals surface area (Å²) in [5.41, 5.74) is 14.0. The van der Waals surface area contributed by atoms with Crippen LogP contribution >= 0.6 is 0 Å². The number of nitrogens with zero attached hydrogens (tertiary/aromatic N) is 3. The molecule has 48 heavy (non-hydrogen) atoms. The van der Waals surface area contributed by atoms with E-state index in [1.807, 2.05) is 0 Å². The van der Waals surface area contributed by atoms with Crippen LogP contribution in [0.4, 0.5) is 34.1 Å². The van der Waals surface area contributed by atoms with Crippen LogP contribution in [0.3, 0.4) is 0 Å². The molecule has 1 aromatic heterocycles. The molecule has 1 heterocycles. The van der Waals surface area contributed by atoms with Crippen LogP contribution in [-0.4, -0.2) is 4.57 Å². The number of anilines is 6. The minimum atomic E-state index is 1.11. The van der Waals surface area contributed by atoms with Gasteiger partial charge in [0, 0.05) is 33.5 Å². The van der Waals surface area contributed by atoms with Gasteiger partial charge in [-0.15, -0.1) is 0 Å². The Morgan fingerprint density at radius 3 is 0.958 bits per heavy atom. The van der Waals surface area contributed by atoms with Gasteiger partial charge in [0.05, 0.1) is 28.1 Å². The Kier molecular flexibility index (Phi) is 7.51. The molecule has 0 saturated carbocycles. The first-order valence-electron chi connectivity index (χ1n) is 16.6. The van der Waals surface area contributed by atoms with Crippen molar-refractivity contribution in [2.45, 2.75) is 20.8 Å². The summed E-state index contributed by atoms with van der Waals surface area (Å²) in [6, 6.07) is 60.6. The lowest BCUT2D eigenvalue weighted by Crippen LogP contribution is -2.20. The Labute approximate surface area is 282 Å². The van der Waals surface area contributed by atoms with E-state index >= 15 is 0 Å². The van der Waals surface area contributed by atoms with Crippen LogP contribution in [0, 0.1) is 20.8 Å². The van der Waals surface area contributed by atoms with Crippen molar-refractivity contribution in [3.05, 3.63) is 187 Å². The minimum Gasteiger partial charge on any atom is -0.310 e. The lowest BCUT2D eigenvalue weighted by atomic mass is 9.95. The molecule has 0 fully saturated rings. The van der Waals surface area contributed by atoms with Gasteiger partial charge in [-0.05, 0) is 98.1 Å². The van der Waals surface area contributed by atoms with Gasteiger partial charge in [-0.2, -0.15) is 0 Å². The summed E-state index contributed by atoms with van der Waals surface area (Å²) < 4.78 is 2.49. The predicted octanol–water partition coefficient (Wildman–Crippen LogP) is 12.6.